The summed E-state index contributed by atoms with van der Waals surface area (Å²) in [5.41, 5.74) is 2.91. The Morgan fingerprint density at radius 2 is 1.27 bits per heavy atom. The Morgan fingerprint density at radius 3 is 1.80 bits per heavy atom. The van der Waals surface area contributed by atoms with Gasteiger partial charge in [-0.15, -0.1) is 13.2 Å². The number of sulfonamides is 1. The quantitative estimate of drug-likeness (QED) is 0.192. The number of carbonyl (C=O) groups excluding carboxylic acids is 1. The lowest BCUT2D eigenvalue weighted by Crippen LogP contribution is -2.48. The van der Waals surface area contributed by atoms with Crippen LogP contribution < -0.4 is 0 Å². The summed E-state index contributed by atoms with van der Waals surface area (Å²) >= 11 is 0. The van der Waals surface area contributed by atoms with E-state index in [1.165, 1.54) is 21.5 Å². The number of hydrogen-bond donors (Lipinski definition) is 0. The van der Waals surface area contributed by atoms with Crippen LogP contribution in [0.3, 0.4) is 0 Å². The van der Waals surface area contributed by atoms with Crippen LogP contribution in [0.25, 0.3) is 0 Å². The van der Waals surface area contributed by atoms with E-state index in [1.54, 1.807) is 18.2 Å². The van der Waals surface area contributed by atoms with Gasteiger partial charge in [0, 0.05) is 51.5 Å². The SMILES string of the molecule is C=C.CCOC(C)OCC.O=C1CN(CCCN2CCN(C(c3ccccc3)c3ccccc3)CC2)S(=O)(=O)c2ccccc21. The zero-order valence-corrected chi connectivity index (χ0v) is 27.8. The molecule has 2 aliphatic rings. The summed E-state index contributed by atoms with van der Waals surface area (Å²) in [4.78, 5) is 17.5. The van der Waals surface area contributed by atoms with Crippen molar-refractivity contribution in [3.05, 3.63) is 115 Å². The number of rotatable bonds is 11. The molecular formula is C36H49N3O5S. The number of fused-ring (bicyclic) bond motifs is 1. The summed E-state index contributed by atoms with van der Waals surface area (Å²) in [6, 6.07) is 28.0. The van der Waals surface area contributed by atoms with Gasteiger partial charge in [0.2, 0.25) is 10.0 Å². The third kappa shape index (κ3) is 10.2. The summed E-state index contributed by atoms with van der Waals surface area (Å²) in [6.07, 6.45) is 0.667. The molecule has 0 unspecified atom stereocenters. The van der Waals surface area contributed by atoms with Crippen LogP contribution in [0, 0.1) is 0 Å². The van der Waals surface area contributed by atoms with Crippen molar-refractivity contribution in [3.8, 4) is 0 Å². The van der Waals surface area contributed by atoms with Crippen molar-refractivity contribution in [2.45, 2.75) is 44.4 Å². The van der Waals surface area contributed by atoms with Crippen molar-refractivity contribution >= 4 is 15.8 Å². The van der Waals surface area contributed by atoms with Gasteiger partial charge in [0.05, 0.1) is 17.5 Å². The van der Waals surface area contributed by atoms with Gasteiger partial charge in [0.15, 0.2) is 12.1 Å². The molecule has 0 aromatic heterocycles. The van der Waals surface area contributed by atoms with Crippen LogP contribution in [0.1, 0.15) is 54.7 Å². The van der Waals surface area contributed by atoms with Crippen molar-refractivity contribution < 1.29 is 22.7 Å². The first-order valence-electron chi connectivity index (χ1n) is 15.8. The van der Waals surface area contributed by atoms with Gasteiger partial charge in [0.1, 0.15) is 0 Å². The molecule has 0 radical (unpaired) electrons. The molecule has 0 spiro atoms. The number of carbonyl (C=O) groups is 1. The standard InChI is InChI=1S/C28H31N3O3S.C6H14O2.C2H4/c32-26-22-31(35(33,34)27-15-8-7-14-25(26)27)17-9-16-29-18-20-30(21-19-29)28(23-10-3-1-4-11-23)24-12-5-2-6-13-24;1-4-7-6(3)8-5-2;1-2/h1-8,10-15,28H,9,16-22H2;6H,4-5H2,1-3H3;1-2H2. The first-order valence-corrected chi connectivity index (χ1v) is 17.2. The number of hydrogen-bond acceptors (Lipinski definition) is 7. The highest BCUT2D eigenvalue weighted by atomic mass is 32.2. The van der Waals surface area contributed by atoms with E-state index in [9.17, 15) is 13.2 Å². The van der Waals surface area contributed by atoms with E-state index in [0.29, 0.717) is 18.5 Å². The monoisotopic (exact) mass is 635 g/mol. The molecule has 3 aromatic rings. The molecule has 5 rings (SSSR count). The maximum absolute atomic E-state index is 13.0. The maximum Gasteiger partial charge on any atom is 0.244 e. The zero-order chi connectivity index (χ0) is 32.7. The van der Waals surface area contributed by atoms with Crippen molar-refractivity contribution in [2.24, 2.45) is 0 Å². The third-order valence-electron chi connectivity index (χ3n) is 7.81. The molecule has 0 saturated carbocycles. The highest BCUT2D eigenvalue weighted by Crippen LogP contribution is 2.30. The second-order valence-electron chi connectivity index (χ2n) is 10.7. The van der Waals surface area contributed by atoms with Gasteiger partial charge in [-0.25, -0.2) is 8.42 Å². The molecule has 0 amide bonds. The van der Waals surface area contributed by atoms with E-state index in [4.69, 9.17) is 9.47 Å². The summed E-state index contributed by atoms with van der Waals surface area (Å²) < 4.78 is 37.4. The van der Waals surface area contributed by atoms with E-state index in [-0.39, 0.29) is 29.6 Å². The average molecular weight is 636 g/mol. The van der Waals surface area contributed by atoms with E-state index in [1.807, 2.05) is 20.8 Å². The van der Waals surface area contributed by atoms with Crippen LogP contribution in [0.5, 0.6) is 0 Å². The second kappa shape index (κ2) is 18.7. The molecule has 244 valence electrons. The highest BCUT2D eigenvalue weighted by Gasteiger charge is 2.35. The molecule has 9 heteroatoms. The van der Waals surface area contributed by atoms with Crippen LogP contribution in [0.15, 0.2) is 103 Å². The van der Waals surface area contributed by atoms with Crippen LogP contribution in [-0.2, 0) is 19.5 Å². The van der Waals surface area contributed by atoms with E-state index in [2.05, 4.69) is 83.6 Å². The molecular weight excluding hydrogens is 586 g/mol. The minimum absolute atomic E-state index is 0.0370. The van der Waals surface area contributed by atoms with E-state index in [0.717, 1.165) is 45.9 Å². The fourth-order valence-corrected chi connectivity index (χ4v) is 7.35. The zero-order valence-electron chi connectivity index (χ0n) is 27.0. The molecule has 1 saturated heterocycles. The molecule has 3 aromatic carbocycles. The summed E-state index contributed by atoms with van der Waals surface area (Å²) in [5.74, 6) is -0.128. The number of ether oxygens (including phenoxy) is 2. The molecule has 8 nitrogen and oxygen atoms in total. The molecule has 1 fully saturated rings. The number of benzene rings is 3. The van der Waals surface area contributed by atoms with E-state index < -0.39 is 10.0 Å². The molecule has 2 heterocycles. The predicted molar refractivity (Wildman–Crippen MR) is 181 cm³/mol. The lowest BCUT2D eigenvalue weighted by atomic mass is 9.96. The van der Waals surface area contributed by atoms with Crippen LogP contribution in [0.4, 0.5) is 0 Å². The lowest BCUT2D eigenvalue weighted by Gasteiger charge is -2.40. The normalized spacial score (nSPS) is 16.8. The number of Topliss-reactive ketones (excluding diaryl/α,β-unsaturated/α-hetero) is 1. The molecule has 0 N–H and O–H groups in total. The Labute approximate surface area is 270 Å². The van der Waals surface area contributed by atoms with Gasteiger partial charge in [-0.3, -0.25) is 9.69 Å². The minimum Gasteiger partial charge on any atom is -0.353 e. The second-order valence-corrected chi connectivity index (χ2v) is 12.6. The average Bonchev–Trinajstić information content (AvgIpc) is 3.07. The topological polar surface area (TPSA) is 79.4 Å². The van der Waals surface area contributed by atoms with Gasteiger partial charge < -0.3 is 14.4 Å². The number of nitrogens with zero attached hydrogens (tertiary/aromatic N) is 3. The first kappa shape index (κ1) is 36.3. The maximum atomic E-state index is 13.0. The van der Waals surface area contributed by atoms with Crippen molar-refractivity contribution in [2.75, 3.05) is 59.0 Å². The summed E-state index contributed by atoms with van der Waals surface area (Å²) in [7, 11) is -3.61. The number of ketones is 1. The predicted octanol–water partition coefficient (Wildman–Crippen LogP) is 5.88. The van der Waals surface area contributed by atoms with Gasteiger partial charge >= 0.3 is 0 Å². The fourth-order valence-electron chi connectivity index (χ4n) is 5.71. The smallest absolute Gasteiger partial charge is 0.244 e. The van der Waals surface area contributed by atoms with Gasteiger partial charge in [-0.05, 0) is 57.0 Å². The van der Waals surface area contributed by atoms with Gasteiger partial charge in [-0.1, -0.05) is 72.8 Å². The first-order chi connectivity index (χ1) is 21.8. The largest absolute Gasteiger partial charge is 0.353 e. The fraction of sp³-hybridized carbons (Fsp3) is 0.417. The van der Waals surface area contributed by atoms with Crippen LogP contribution in [-0.4, -0.2) is 93.6 Å². The highest BCUT2D eigenvalue weighted by molar-refractivity contribution is 7.89. The molecule has 0 atom stereocenters. The third-order valence-corrected chi connectivity index (χ3v) is 9.72. The Bertz CT molecular complexity index is 1350. The molecule has 2 aliphatic heterocycles. The molecule has 45 heavy (non-hydrogen) atoms. The van der Waals surface area contributed by atoms with Crippen LogP contribution in [0.2, 0.25) is 0 Å². The van der Waals surface area contributed by atoms with Crippen molar-refractivity contribution in [1.82, 2.24) is 14.1 Å². The van der Waals surface area contributed by atoms with Crippen molar-refractivity contribution in [1.29, 1.82) is 0 Å². The van der Waals surface area contributed by atoms with E-state index >= 15 is 0 Å². The minimum atomic E-state index is -3.61. The Morgan fingerprint density at radius 1 is 0.756 bits per heavy atom. The molecule has 0 aliphatic carbocycles. The van der Waals surface area contributed by atoms with Gasteiger partial charge in [0.25, 0.3) is 0 Å². The van der Waals surface area contributed by atoms with Crippen LogP contribution >= 0.6 is 0 Å². The summed E-state index contributed by atoms with van der Waals surface area (Å²) in [5, 5.41) is 0. The molecule has 0 bridgehead atoms. The van der Waals surface area contributed by atoms with Crippen molar-refractivity contribution in [3.63, 3.8) is 0 Å². The lowest BCUT2D eigenvalue weighted by molar-refractivity contribution is -0.123. The summed E-state index contributed by atoms with van der Waals surface area (Å²) in [6.45, 7) is 18.1. The number of piperazine rings is 1. The van der Waals surface area contributed by atoms with Gasteiger partial charge in [-0.2, -0.15) is 4.31 Å². The Hall–Kier alpha value is -3.18. The Balaban J connectivity index is 0.000000483. The Kier molecular flexibility index (Phi) is 15.1.